The Hall–Kier alpha value is -1.23. The third-order valence-electron chi connectivity index (χ3n) is 1.79. The summed E-state index contributed by atoms with van der Waals surface area (Å²) < 4.78 is 18.1. The number of carbonyl (C=O) groups is 2. The van der Waals surface area contributed by atoms with Gasteiger partial charge in [0.2, 0.25) is 0 Å². The first-order valence-electron chi connectivity index (χ1n) is 4.68. The van der Waals surface area contributed by atoms with E-state index in [0.29, 0.717) is 4.47 Å². The Morgan fingerprint density at radius 1 is 1.38 bits per heavy atom. The molecule has 0 unspecified atom stereocenters. The minimum atomic E-state index is -0.604. The molecule has 0 amide bonds. The van der Waals surface area contributed by atoms with Crippen molar-refractivity contribution >= 4 is 27.7 Å². The third kappa shape index (κ3) is 3.73. The molecule has 0 aromatic heterocycles. The first kappa shape index (κ1) is 12.8. The number of ketones is 1. The summed E-state index contributed by atoms with van der Waals surface area (Å²) in [5, 5.41) is 0. The van der Waals surface area contributed by atoms with Gasteiger partial charge in [-0.05, 0) is 25.1 Å². The number of Topliss-reactive ketones (excluding diaryl/α,β-unsaturated/α-hetero) is 1. The summed E-state index contributed by atoms with van der Waals surface area (Å²) in [6.45, 7) is 1.88. The Labute approximate surface area is 101 Å². The molecular formula is C11H10BrFO3. The van der Waals surface area contributed by atoms with Gasteiger partial charge >= 0.3 is 5.97 Å². The quantitative estimate of drug-likeness (QED) is 0.486. The number of benzene rings is 1. The van der Waals surface area contributed by atoms with Gasteiger partial charge in [0.15, 0.2) is 5.78 Å². The van der Waals surface area contributed by atoms with E-state index in [1.54, 1.807) is 6.92 Å². The summed E-state index contributed by atoms with van der Waals surface area (Å²) in [4.78, 5) is 22.6. The van der Waals surface area contributed by atoms with E-state index in [1.165, 1.54) is 12.1 Å². The lowest BCUT2D eigenvalue weighted by Crippen LogP contribution is -2.11. The lowest BCUT2D eigenvalue weighted by atomic mass is 10.1. The molecule has 0 N–H and O–H groups in total. The molecule has 16 heavy (non-hydrogen) atoms. The zero-order valence-electron chi connectivity index (χ0n) is 8.63. The maximum absolute atomic E-state index is 13.0. The van der Waals surface area contributed by atoms with E-state index in [0.717, 1.165) is 6.07 Å². The molecule has 0 aliphatic heterocycles. The predicted octanol–water partition coefficient (Wildman–Crippen LogP) is 2.72. The van der Waals surface area contributed by atoms with Crippen LogP contribution in [0.15, 0.2) is 22.7 Å². The van der Waals surface area contributed by atoms with Crippen LogP contribution >= 0.6 is 15.9 Å². The van der Waals surface area contributed by atoms with Gasteiger partial charge in [0.05, 0.1) is 6.61 Å². The van der Waals surface area contributed by atoms with Crippen molar-refractivity contribution in [2.45, 2.75) is 13.3 Å². The number of halogens is 2. The monoisotopic (exact) mass is 288 g/mol. The van der Waals surface area contributed by atoms with Crippen molar-refractivity contribution in [3.8, 4) is 0 Å². The van der Waals surface area contributed by atoms with Gasteiger partial charge < -0.3 is 4.74 Å². The number of esters is 1. The smallest absolute Gasteiger partial charge is 0.313 e. The summed E-state index contributed by atoms with van der Waals surface area (Å²) in [7, 11) is 0. The second-order valence-corrected chi connectivity index (χ2v) is 3.98. The van der Waals surface area contributed by atoms with Crippen LogP contribution in [0, 0.1) is 5.82 Å². The molecule has 0 saturated carbocycles. The van der Waals surface area contributed by atoms with Crippen LogP contribution in [0.2, 0.25) is 0 Å². The second-order valence-electron chi connectivity index (χ2n) is 3.06. The molecule has 1 aromatic carbocycles. The first-order chi connectivity index (χ1) is 7.52. The van der Waals surface area contributed by atoms with Crippen LogP contribution in [-0.2, 0) is 9.53 Å². The molecule has 0 atom stereocenters. The highest BCUT2D eigenvalue weighted by Crippen LogP contribution is 2.16. The van der Waals surface area contributed by atoms with Gasteiger partial charge in [-0.1, -0.05) is 15.9 Å². The molecule has 0 bridgehead atoms. The van der Waals surface area contributed by atoms with E-state index in [2.05, 4.69) is 20.7 Å². The van der Waals surface area contributed by atoms with E-state index in [-0.39, 0.29) is 18.6 Å². The first-order valence-corrected chi connectivity index (χ1v) is 5.47. The lowest BCUT2D eigenvalue weighted by molar-refractivity contribution is -0.141. The van der Waals surface area contributed by atoms with Crippen molar-refractivity contribution in [3.05, 3.63) is 34.1 Å². The van der Waals surface area contributed by atoms with Gasteiger partial charge in [-0.2, -0.15) is 0 Å². The highest BCUT2D eigenvalue weighted by Gasteiger charge is 2.13. The van der Waals surface area contributed by atoms with Crippen molar-refractivity contribution < 1.29 is 18.7 Å². The van der Waals surface area contributed by atoms with Gasteiger partial charge in [0.25, 0.3) is 0 Å². The van der Waals surface area contributed by atoms with Crippen molar-refractivity contribution in [2.75, 3.05) is 6.61 Å². The fraction of sp³-hybridized carbons (Fsp3) is 0.273. The standard InChI is InChI=1S/C11H10BrFO3/c1-2-16-11(15)6-10(14)7-3-8(12)5-9(13)4-7/h3-5H,2,6H2,1H3. The Balaban J connectivity index is 2.76. The Bertz CT molecular complexity index is 397. The van der Waals surface area contributed by atoms with Crippen LogP contribution in [0.5, 0.6) is 0 Å². The van der Waals surface area contributed by atoms with Crippen molar-refractivity contribution in [1.29, 1.82) is 0 Å². The fourth-order valence-electron chi connectivity index (χ4n) is 1.16. The van der Waals surface area contributed by atoms with E-state index < -0.39 is 17.6 Å². The Kier molecular flexibility index (Phi) is 4.61. The van der Waals surface area contributed by atoms with Crippen LogP contribution in [0.1, 0.15) is 23.7 Å². The maximum Gasteiger partial charge on any atom is 0.313 e. The van der Waals surface area contributed by atoms with E-state index in [9.17, 15) is 14.0 Å². The highest BCUT2D eigenvalue weighted by atomic mass is 79.9. The van der Waals surface area contributed by atoms with Crippen LogP contribution in [-0.4, -0.2) is 18.4 Å². The molecule has 1 aromatic rings. The van der Waals surface area contributed by atoms with Crippen molar-refractivity contribution in [2.24, 2.45) is 0 Å². The topological polar surface area (TPSA) is 43.4 Å². The van der Waals surface area contributed by atoms with E-state index in [1.807, 2.05) is 0 Å². The molecule has 1 rings (SSSR count). The number of carbonyl (C=O) groups excluding carboxylic acids is 2. The molecule has 0 saturated heterocycles. The summed E-state index contributed by atoms with van der Waals surface area (Å²) in [6, 6.07) is 3.79. The molecule has 3 nitrogen and oxygen atoms in total. The van der Waals surface area contributed by atoms with Crippen molar-refractivity contribution in [3.63, 3.8) is 0 Å². The molecule has 0 aliphatic rings. The summed E-state index contributed by atoms with van der Waals surface area (Å²) in [5.74, 6) is -1.59. The lowest BCUT2D eigenvalue weighted by Gasteiger charge is -2.02. The minimum Gasteiger partial charge on any atom is -0.466 e. The molecule has 0 aliphatic carbocycles. The van der Waals surface area contributed by atoms with Crippen LogP contribution < -0.4 is 0 Å². The molecule has 86 valence electrons. The Morgan fingerprint density at radius 2 is 2.06 bits per heavy atom. The molecule has 5 heteroatoms. The summed E-state index contributed by atoms with van der Waals surface area (Å²) >= 11 is 3.07. The van der Waals surface area contributed by atoms with E-state index in [4.69, 9.17) is 0 Å². The van der Waals surface area contributed by atoms with Gasteiger partial charge in [-0.25, -0.2) is 4.39 Å². The van der Waals surface area contributed by atoms with Gasteiger partial charge in [0.1, 0.15) is 12.2 Å². The van der Waals surface area contributed by atoms with Gasteiger partial charge in [0, 0.05) is 10.0 Å². The number of hydrogen-bond acceptors (Lipinski definition) is 3. The average Bonchev–Trinajstić information content (AvgIpc) is 2.16. The molecule has 0 spiro atoms. The maximum atomic E-state index is 13.0. The molecule has 0 radical (unpaired) electrons. The zero-order chi connectivity index (χ0) is 12.1. The molecule has 0 fully saturated rings. The third-order valence-corrected chi connectivity index (χ3v) is 2.25. The molecular weight excluding hydrogens is 279 g/mol. The predicted molar refractivity (Wildman–Crippen MR) is 59.7 cm³/mol. The van der Waals surface area contributed by atoms with E-state index >= 15 is 0 Å². The zero-order valence-corrected chi connectivity index (χ0v) is 10.2. The van der Waals surface area contributed by atoms with Crippen molar-refractivity contribution in [1.82, 2.24) is 0 Å². The normalized spacial score (nSPS) is 9.94. The van der Waals surface area contributed by atoms with Gasteiger partial charge in [-0.3, -0.25) is 9.59 Å². The summed E-state index contributed by atoms with van der Waals surface area (Å²) in [6.07, 6.45) is -0.371. The Morgan fingerprint density at radius 3 is 2.62 bits per heavy atom. The van der Waals surface area contributed by atoms with Crippen LogP contribution in [0.4, 0.5) is 4.39 Å². The minimum absolute atomic E-state index is 0.153. The van der Waals surface area contributed by atoms with Gasteiger partial charge in [-0.15, -0.1) is 0 Å². The summed E-state index contributed by atoms with van der Waals surface area (Å²) in [5.41, 5.74) is 0.153. The number of rotatable bonds is 4. The van der Waals surface area contributed by atoms with Crippen LogP contribution in [0.3, 0.4) is 0 Å². The number of ether oxygens (including phenoxy) is 1. The highest BCUT2D eigenvalue weighted by molar-refractivity contribution is 9.10. The van der Waals surface area contributed by atoms with Crippen LogP contribution in [0.25, 0.3) is 0 Å². The molecule has 0 heterocycles. The largest absolute Gasteiger partial charge is 0.466 e. The SMILES string of the molecule is CCOC(=O)CC(=O)c1cc(F)cc(Br)c1. The average molecular weight is 289 g/mol. The number of hydrogen-bond donors (Lipinski definition) is 0. The second kappa shape index (κ2) is 5.75. The fourth-order valence-corrected chi connectivity index (χ4v) is 1.63.